The van der Waals surface area contributed by atoms with Gasteiger partial charge in [-0.2, -0.15) is 18.4 Å². The third kappa shape index (κ3) is 6.57. The molecule has 2 aromatic carbocycles. The molecule has 0 radical (unpaired) electrons. The number of ether oxygens (including phenoxy) is 1. The normalized spacial score (nSPS) is 11.7. The van der Waals surface area contributed by atoms with E-state index in [0.29, 0.717) is 28.4 Å². The molecule has 0 bridgehead atoms. The van der Waals surface area contributed by atoms with Gasteiger partial charge in [0.25, 0.3) is 5.91 Å². The van der Waals surface area contributed by atoms with E-state index < -0.39 is 17.6 Å². The summed E-state index contributed by atoms with van der Waals surface area (Å²) in [6, 6.07) is 11.9. The van der Waals surface area contributed by atoms with Gasteiger partial charge in [-0.3, -0.25) is 10.1 Å². The molecule has 0 saturated carbocycles. The van der Waals surface area contributed by atoms with Crippen molar-refractivity contribution in [2.24, 2.45) is 0 Å². The lowest BCUT2D eigenvalue weighted by Gasteiger charge is -2.09. The van der Waals surface area contributed by atoms with Gasteiger partial charge in [-0.15, -0.1) is 11.3 Å². The van der Waals surface area contributed by atoms with Gasteiger partial charge < -0.3 is 4.74 Å². The van der Waals surface area contributed by atoms with E-state index in [1.807, 2.05) is 13.0 Å². The van der Waals surface area contributed by atoms with Gasteiger partial charge >= 0.3 is 6.18 Å². The van der Waals surface area contributed by atoms with Gasteiger partial charge in [0.1, 0.15) is 17.4 Å². The molecular weight excluding hydrogens is 475 g/mol. The number of nitrogens with one attached hydrogen (secondary N) is 1. The maximum atomic E-state index is 13.0. The maximum Gasteiger partial charge on any atom is 0.416 e. The Morgan fingerprint density at radius 2 is 2.00 bits per heavy atom. The van der Waals surface area contributed by atoms with E-state index in [0.717, 1.165) is 23.5 Å². The fourth-order valence-electron chi connectivity index (χ4n) is 2.83. The lowest BCUT2D eigenvalue weighted by Crippen LogP contribution is -2.13. The van der Waals surface area contributed by atoms with Gasteiger partial charge in [0.2, 0.25) is 0 Å². The van der Waals surface area contributed by atoms with Crippen molar-refractivity contribution in [3.8, 4) is 11.8 Å². The molecule has 0 fully saturated rings. The van der Waals surface area contributed by atoms with Crippen molar-refractivity contribution in [1.82, 2.24) is 4.98 Å². The van der Waals surface area contributed by atoms with Crippen LogP contribution in [-0.2, 0) is 17.4 Å². The molecule has 0 aliphatic heterocycles. The predicted octanol–water partition coefficient (Wildman–Crippen LogP) is 6.35. The van der Waals surface area contributed by atoms with Crippen molar-refractivity contribution in [2.75, 3.05) is 11.9 Å². The number of benzene rings is 2. The van der Waals surface area contributed by atoms with E-state index in [-0.39, 0.29) is 22.1 Å². The molecular formula is C23H17ClF3N3O2S. The summed E-state index contributed by atoms with van der Waals surface area (Å²) in [6.07, 6.45) is -1.49. The molecule has 1 amide bonds. The molecule has 1 heterocycles. The zero-order chi connectivity index (χ0) is 24.0. The molecule has 0 aliphatic rings. The Balaban J connectivity index is 1.71. The second-order valence-electron chi connectivity index (χ2n) is 6.74. The molecule has 3 aromatic rings. The molecule has 0 unspecified atom stereocenters. The van der Waals surface area contributed by atoms with Crippen molar-refractivity contribution in [3.05, 3.63) is 80.8 Å². The topological polar surface area (TPSA) is 75.0 Å². The van der Waals surface area contributed by atoms with E-state index in [4.69, 9.17) is 16.3 Å². The average molecular weight is 492 g/mol. The number of carbonyl (C=O) groups excluding carboxylic acids is 1. The number of hydrogen-bond donors (Lipinski definition) is 1. The minimum atomic E-state index is -4.48. The summed E-state index contributed by atoms with van der Waals surface area (Å²) in [6.45, 7) is 2.39. The average Bonchev–Trinajstić information content (AvgIpc) is 3.20. The Labute approximate surface area is 197 Å². The summed E-state index contributed by atoms with van der Waals surface area (Å²) < 4.78 is 44.3. The molecule has 0 saturated heterocycles. The summed E-state index contributed by atoms with van der Waals surface area (Å²) in [5.41, 5.74) is 0.0140. The van der Waals surface area contributed by atoms with Crippen molar-refractivity contribution in [2.45, 2.75) is 19.5 Å². The summed E-state index contributed by atoms with van der Waals surface area (Å²) in [4.78, 5) is 17.2. The molecule has 5 nitrogen and oxygen atoms in total. The number of amides is 1. The van der Waals surface area contributed by atoms with Crippen LogP contribution in [-0.4, -0.2) is 17.5 Å². The number of rotatable bonds is 7. The van der Waals surface area contributed by atoms with E-state index in [1.54, 1.807) is 24.3 Å². The third-order valence-corrected chi connectivity index (χ3v) is 5.66. The zero-order valence-corrected chi connectivity index (χ0v) is 18.8. The number of anilines is 1. The lowest BCUT2D eigenvalue weighted by atomic mass is 10.1. The van der Waals surface area contributed by atoms with Crippen molar-refractivity contribution in [3.63, 3.8) is 0 Å². The van der Waals surface area contributed by atoms with Crippen LogP contribution in [0.25, 0.3) is 6.08 Å². The highest BCUT2D eigenvalue weighted by atomic mass is 35.5. The molecule has 33 heavy (non-hydrogen) atoms. The molecule has 170 valence electrons. The van der Waals surface area contributed by atoms with Crippen molar-refractivity contribution < 1.29 is 22.7 Å². The van der Waals surface area contributed by atoms with Crippen molar-refractivity contribution >= 4 is 40.1 Å². The molecule has 3 rings (SSSR count). The zero-order valence-electron chi connectivity index (χ0n) is 17.2. The number of thiazole rings is 1. The summed E-state index contributed by atoms with van der Waals surface area (Å²) in [5.74, 6) is 0.0261. The van der Waals surface area contributed by atoms with Gasteiger partial charge in [-0.05, 0) is 54.5 Å². The van der Waals surface area contributed by atoms with Gasteiger partial charge in [0.05, 0.1) is 12.2 Å². The molecule has 1 N–H and O–H groups in total. The van der Waals surface area contributed by atoms with Crippen LogP contribution < -0.4 is 10.1 Å². The number of halogens is 4. The largest absolute Gasteiger partial charge is 0.494 e. The fraction of sp³-hybridized carbons (Fsp3) is 0.174. The Kier molecular flexibility index (Phi) is 7.74. The first kappa shape index (κ1) is 24.3. The fourth-order valence-corrected chi connectivity index (χ4v) is 3.84. The van der Waals surface area contributed by atoms with Crippen LogP contribution in [0.1, 0.15) is 28.5 Å². The minimum absolute atomic E-state index is 0.115. The number of alkyl halides is 3. The number of carbonyl (C=O) groups is 1. The SMILES string of the molecule is CCOc1ccc(/C=C(\C#N)C(=O)Nc2ncc(Cc3cc(C(F)(F)F)ccc3Cl)s2)cc1. The van der Waals surface area contributed by atoms with Crippen LogP contribution in [0, 0.1) is 11.3 Å². The Morgan fingerprint density at radius 3 is 2.64 bits per heavy atom. The quantitative estimate of drug-likeness (QED) is 0.308. The van der Waals surface area contributed by atoms with Gasteiger partial charge in [0.15, 0.2) is 5.13 Å². The second-order valence-corrected chi connectivity index (χ2v) is 8.26. The Hall–Kier alpha value is -3.35. The van der Waals surface area contributed by atoms with E-state index >= 15 is 0 Å². The molecule has 1 aromatic heterocycles. The van der Waals surface area contributed by atoms with Crippen LogP contribution >= 0.6 is 22.9 Å². The van der Waals surface area contributed by atoms with Crippen LogP contribution in [0.2, 0.25) is 5.02 Å². The monoisotopic (exact) mass is 491 g/mol. The Bertz CT molecular complexity index is 1210. The minimum Gasteiger partial charge on any atom is -0.494 e. The molecule has 0 aliphatic carbocycles. The standard InChI is InChI=1S/C23H17ClF3N3O2S/c1-2-32-18-6-3-14(4-7-18)9-16(12-28)21(31)30-22-29-13-19(33-22)11-15-10-17(23(25,26)27)5-8-20(15)24/h3-10,13H,2,11H2,1H3,(H,29,30,31)/b16-9+. The van der Waals surface area contributed by atoms with Crippen LogP contribution in [0.5, 0.6) is 5.75 Å². The summed E-state index contributed by atoms with van der Waals surface area (Å²) in [7, 11) is 0. The van der Waals surface area contributed by atoms with Gasteiger partial charge in [-0.1, -0.05) is 23.7 Å². The highest BCUT2D eigenvalue weighted by molar-refractivity contribution is 7.15. The Morgan fingerprint density at radius 1 is 1.27 bits per heavy atom. The lowest BCUT2D eigenvalue weighted by molar-refractivity contribution is -0.137. The van der Waals surface area contributed by atoms with Crippen molar-refractivity contribution in [1.29, 1.82) is 5.26 Å². The number of hydrogen-bond acceptors (Lipinski definition) is 5. The first-order valence-corrected chi connectivity index (χ1v) is 10.9. The van der Waals surface area contributed by atoms with Gasteiger partial charge in [-0.25, -0.2) is 4.98 Å². The second kappa shape index (κ2) is 10.5. The summed E-state index contributed by atoms with van der Waals surface area (Å²) >= 11 is 7.13. The number of nitriles is 1. The third-order valence-electron chi connectivity index (χ3n) is 4.38. The first-order valence-electron chi connectivity index (χ1n) is 9.66. The molecule has 0 atom stereocenters. The first-order chi connectivity index (χ1) is 15.7. The number of aromatic nitrogens is 1. The molecule has 0 spiro atoms. The number of nitrogens with zero attached hydrogens (tertiary/aromatic N) is 2. The van der Waals surface area contributed by atoms with E-state index in [9.17, 15) is 23.2 Å². The van der Waals surface area contributed by atoms with Crippen LogP contribution in [0.3, 0.4) is 0 Å². The van der Waals surface area contributed by atoms with Gasteiger partial charge in [0, 0.05) is 22.5 Å². The summed E-state index contributed by atoms with van der Waals surface area (Å²) in [5, 5.41) is 12.3. The highest BCUT2D eigenvalue weighted by Gasteiger charge is 2.31. The maximum absolute atomic E-state index is 13.0. The highest BCUT2D eigenvalue weighted by Crippen LogP contribution is 2.33. The molecule has 10 heteroatoms. The predicted molar refractivity (Wildman–Crippen MR) is 121 cm³/mol. The smallest absolute Gasteiger partial charge is 0.416 e. The van der Waals surface area contributed by atoms with Crippen LogP contribution in [0.4, 0.5) is 18.3 Å². The van der Waals surface area contributed by atoms with E-state index in [1.165, 1.54) is 18.3 Å². The van der Waals surface area contributed by atoms with E-state index in [2.05, 4.69) is 10.3 Å². The van der Waals surface area contributed by atoms with Crippen LogP contribution in [0.15, 0.2) is 54.2 Å².